The molecule has 0 radical (unpaired) electrons. The van der Waals surface area contributed by atoms with E-state index in [1.54, 1.807) is 7.11 Å². The number of aryl methyl sites for hydroxylation is 1. The Morgan fingerprint density at radius 2 is 2.08 bits per heavy atom. The maximum Gasteiger partial charge on any atom is 0.231 e. The zero-order valence-corrected chi connectivity index (χ0v) is 14.9. The van der Waals surface area contributed by atoms with Crippen LogP contribution < -0.4 is 19.5 Å². The zero-order chi connectivity index (χ0) is 17.9. The van der Waals surface area contributed by atoms with E-state index in [9.17, 15) is 4.79 Å². The SMILES string of the molecule is COc1ccc2c(c1)C(CNC(=O)Cc1ccc3c(c1)OCO3)CCC2. The first kappa shape index (κ1) is 16.8. The molecule has 1 heterocycles. The third kappa shape index (κ3) is 3.47. The van der Waals surface area contributed by atoms with Crippen LogP contribution >= 0.6 is 0 Å². The Morgan fingerprint density at radius 1 is 1.19 bits per heavy atom. The van der Waals surface area contributed by atoms with Gasteiger partial charge < -0.3 is 19.5 Å². The Balaban J connectivity index is 1.38. The van der Waals surface area contributed by atoms with Crippen LogP contribution in [-0.4, -0.2) is 26.4 Å². The molecule has 0 fully saturated rings. The van der Waals surface area contributed by atoms with Crippen molar-refractivity contribution in [3.8, 4) is 17.2 Å². The number of ether oxygens (including phenoxy) is 3. The molecule has 2 aliphatic rings. The van der Waals surface area contributed by atoms with Crippen molar-refractivity contribution < 1.29 is 19.0 Å². The van der Waals surface area contributed by atoms with Gasteiger partial charge >= 0.3 is 0 Å². The predicted octanol–water partition coefficient (Wildman–Crippen LogP) is 3.20. The van der Waals surface area contributed by atoms with Gasteiger partial charge in [0.15, 0.2) is 11.5 Å². The Kier molecular flexibility index (Phi) is 4.69. The molecule has 1 unspecified atom stereocenters. The van der Waals surface area contributed by atoms with Gasteiger partial charge in [0.05, 0.1) is 13.5 Å². The second kappa shape index (κ2) is 7.28. The van der Waals surface area contributed by atoms with E-state index in [1.807, 2.05) is 24.3 Å². The molecule has 1 atom stereocenters. The Labute approximate surface area is 153 Å². The summed E-state index contributed by atoms with van der Waals surface area (Å²) < 4.78 is 16.0. The van der Waals surface area contributed by atoms with E-state index in [0.717, 1.165) is 36.3 Å². The van der Waals surface area contributed by atoms with Crippen LogP contribution in [0.3, 0.4) is 0 Å². The molecule has 136 valence electrons. The van der Waals surface area contributed by atoms with Crippen molar-refractivity contribution in [3.05, 3.63) is 53.1 Å². The van der Waals surface area contributed by atoms with Crippen molar-refractivity contribution in [2.24, 2.45) is 0 Å². The molecule has 0 aromatic heterocycles. The number of rotatable bonds is 5. The van der Waals surface area contributed by atoms with Crippen molar-refractivity contribution in [2.45, 2.75) is 31.6 Å². The molecular weight excluding hydrogens is 330 g/mol. The Hall–Kier alpha value is -2.69. The van der Waals surface area contributed by atoms with Crippen LogP contribution in [0.1, 0.15) is 35.4 Å². The van der Waals surface area contributed by atoms with E-state index in [4.69, 9.17) is 14.2 Å². The normalized spacial score (nSPS) is 17.5. The van der Waals surface area contributed by atoms with Crippen molar-refractivity contribution in [3.63, 3.8) is 0 Å². The third-order valence-corrected chi connectivity index (χ3v) is 5.14. The van der Waals surface area contributed by atoms with Gasteiger partial charge in [-0.2, -0.15) is 0 Å². The Morgan fingerprint density at radius 3 is 2.96 bits per heavy atom. The molecule has 0 saturated carbocycles. The van der Waals surface area contributed by atoms with Gasteiger partial charge in [-0.3, -0.25) is 4.79 Å². The molecule has 5 nitrogen and oxygen atoms in total. The van der Waals surface area contributed by atoms with E-state index >= 15 is 0 Å². The molecule has 1 aliphatic carbocycles. The molecule has 1 aliphatic heterocycles. The summed E-state index contributed by atoms with van der Waals surface area (Å²) in [6.45, 7) is 0.902. The highest BCUT2D eigenvalue weighted by atomic mass is 16.7. The van der Waals surface area contributed by atoms with Crippen LogP contribution in [0.25, 0.3) is 0 Å². The monoisotopic (exact) mass is 353 g/mol. The molecule has 26 heavy (non-hydrogen) atoms. The molecule has 1 amide bonds. The van der Waals surface area contributed by atoms with Gasteiger partial charge in [-0.05, 0) is 60.2 Å². The summed E-state index contributed by atoms with van der Waals surface area (Å²) in [6.07, 6.45) is 3.68. The Bertz CT molecular complexity index is 818. The van der Waals surface area contributed by atoms with Gasteiger partial charge in [-0.15, -0.1) is 0 Å². The third-order valence-electron chi connectivity index (χ3n) is 5.14. The van der Waals surface area contributed by atoms with Gasteiger partial charge in [0, 0.05) is 12.5 Å². The summed E-state index contributed by atoms with van der Waals surface area (Å²) in [5, 5.41) is 3.10. The minimum Gasteiger partial charge on any atom is -0.497 e. The smallest absolute Gasteiger partial charge is 0.231 e. The molecule has 4 rings (SSSR count). The fourth-order valence-corrected chi connectivity index (χ4v) is 3.75. The largest absolute Gasteiger partial charge is 0.497 e. The lowest BCUT2D eigenvalue weighted by Gasteiger charge is -2.26. The van der Waals surface area contributed by atoms with Crippen molar-refractivity contribution in [1.82, 2.24) is 5.32 Å². The topological polar surface area (TPSA) is 56.8 Å². The second-order valence-corrected chi connectivity index (χ2v) is 6.82. The first-order valence-corrected chi connectivity index (χ1v) is 9.05. The summed E-state index contributed by atoms with van der Waals surface area (Å²) in [4.78, 5) is 12.4. The van der Waals surface area contributed by atoms with E-state index in [0.29, 0.717) is 24.6 Å². The van der Waals surface area contributed by atoms with Crippen molar-refractivity contribution in [1.29, 1.82) is 0 Å². The first-order valence-electron chi connectivity index (χ1n) is 9.05. The van der Waals surface area contributed by atoms with Crippen LogP contribution in [0.5, 0.6) is 17.2 Å². The maximum absolute atomic E-state index is 12.4. The fourth-order valence-electron chi connectivity index (χ4n) is 3.75. The number of nitrogens with one attached hydrogen (secondary N) is 1. The number of methoxy groups -OCH3 is 1. The lowest BCUT2D eigenvalue weighted by molar-refractivity contribution is -0.120. The number of carbonyl (C=O) groups excluding carboxylic acids is 1. The number of amides is 1. The number of hydrogen-bond acceptors (Lipinski definition) is 4. The summed E-state index contributed by atoms with van der Waals surface area (Å²) in [5.74, 6) is 2.70. The van der Waals surface area contributed by atoms with E-state index in [-0.39, 0.29) is 12.7 Å². The van der Waals surface area contributed by atoms with Crippen LogP contribution in [0.4, 0.5) is 0 Å². The van der Waals surface area contributed by atoms with Gasteiger partial charge in [0.2, 0.25) is 12.7 Å². The van der Waals surface area contributed by atoms with Gasteiger partial charge in [0.1, 0.15) is 5.75 Å². The van der Waals surface area contributed by atoms with Crippen LogP contribution in [-0.2, 0) is 17.6 Å². The lowest BCUT2D eigenvalue weighted by Crippen LogP contribution is -2.31. The molecule has 0 spiro atoms. The summed E-state index contributed by atoms with van der Waals surface area (Å²) in [5.41, 5.74) is 3.60. The highest BCUT2D eigenvalue weighted by Gasteiger charge is 2.21. The summed E-state index contributed by atoms with van der Waals surface area (Å²) in [6, 6.07) is 11.9. The summed E-state index contributed by atoms with van der Waals surface area (Å²) in [7, 11) is 1.69. The standard InChI is InChI=1S/C21H23NO4/c1-24-17-7-6-15-3-2-4-16(18(15)11-17)12-22-21(23)10-14-5-8-19-20(9-14)26-13-25-19/h5-9,11,16H,2-4,10,12-13H2,1H3,(H,22,23). The minimum absolute atomic E-state index is 0.0267. The quantitative estimate of drug-likeness (QED) is 0.897. The van der Waals surface area contributed by atoms with Crippen molar-refractivity contribution in [2.75, 3.05) is 20.4 Å². The predicted molar refractivity (Wildman–Crippen MR) is 98.0 cm³/mol. The molecule has 5 heteroatoms. The van der Waals surface area contributed by atoms with Gasteiger partial charge in [-0.25, -0.2) is 0 Å². The van der Waals surface area contributed by atoms with Gasteiger partial charge in [0.25, 0.3) is 0 Å². The van der Waals surface area contributed by atoms with E-state index < -0.39 is 0 Å². The maximum atomic E-state index is 12.4. The average Bonchev–Trinajstić information content (AvgIpc) is 3.13. The molecule has 1 N–H and O–H groups in total. The van der Waals surface area contributed by atoms with Crippen LogP contribution in [0.15, 0.2) is 36.4 Å². The highest BCUT2D eigenvalue weighted by molar-refractivity contribution is 5.79. The van der Waals surface area contributed by atoms with Crippen molar-refractivity contribution >= 4 is 5.91 Å². The number of fused-ring (bicyclic) bond motifs is 2. The van der Waals surface area contributed by atoms with E-state index in [2.05, 4.69) is 17.4 Å². The van der Waals surface area contributed by atoms with E-state index in [1.165, 1.54) is 11.1 Å². The molecule has 0 bridgehead atoms. The number of carbonyl (C=O) groups is 1. The average molecular weight is 353 g/mol. The first-order chi connectivity index (χ1) is 12.7. The summed E-state index contributed by atoms with van der Waals surface area (Å²) >= 11 is 0. The molecule has 2 aromatic carbocycles. The highest BCUT2D eigenvalue weighted by Crippen LogP contribution is 2.34. The fraction of sp³-hybridized carbons (Fsp3) is 0.381. The minimum atomic E-state index is 0.0267. The van der Waals surface area contributed by atoms with Crippen LogP contribution in [0, 0.1) is 0 Å². The molecular formula is C21H23NO4. The van der Waals surface area contributed by atoms with Gasteiger partial charge in [-0.1, -0.05) is 12.1 Å². The lowest BCUT2D eigenvalue weighted by atomic mass is 9.82. The zero-order valence-electron chi connectivity index (χ0n) is 14.9. The molecule has 2 aromatic rings. The molecule has 0 saturated heterocycles. The number of hydrogen-bond donors (Lipinski definition) is 1. The second-order valence-electron chi connectivity index (χ2n) is 6.82. The van der Waals surface area contributed by atoms with Crippen LogP contribution in [0.2, 0.25) is 0 Å². The number of benzene rings is 2.